The number of carbonyl (C=O) groups is 2. The highest BCUT2D eigenvalue weighted by atomic mass is 32.2. The number of amides is 2. The van der Waals surface area contributed by atoms with Gasteiger partial charge in [-0.1, -0.05) is 51.1 Å². The number of anilines is 3. The van der Waals surface area contributed by atoms with Crippen LogP contribution in [0.5, 0.6) is 23.0 Å². The van der Waals surface area contributed by atoms with Crippen LogP contribution in [0.4, 0.5) is 21.9 Å². The third kappa shape index (κ3) is 11.5. The van der Waals surface area contributed by atoms with Gasteiger partial charge in [-0.3, -0.25) is 18.3 Å². The van der Waals surface area contributed by atoms with Crippen molar-refractivity contribution in [3.63, 3.8) is 0 Å². The number of methoxy groups -OCH3 is 2. The van der Waals surface area contributed by atoms with Gasteiger partial charge in [-0.05, 0) is 72.0 Å². The number of hydrogen-bond donors (Lipinski definition) is 3. The van der Waals surface area contributed by atoms with Crippen LogP contribution in [0.3, 0.4) is 0 Å². The Balaban J connectivity index is 1.16. The monoisotopic (exact) mass is 885 g/mol. The molecule has 1 aromatic heterocycles. The van der Waals surface area contributed by atoms with Gasteiger partial charge in [0.25, 0.3) is 0 Å². The van der Waals surface area contributed by atoms with Crippen LogP contribution in [0.25, 0.3) is 10.8 Å². The van der Waals surface area contributed by atoms with Gasteiger partial charge in [0.05, 0.1) is 56.3 Å². The van der Waals surface area contributed by atoms with E-state index in [4.69, 9.17) is 14.2 Å². The Morgan fingerprint density at radius 3 is 2.31 bits per heavy atom. The lowest BCUT2D eigenvalue weighted by molar-refractivity contribution is 0.0972. The van der Waals surface area contributed by atoms with Crippen LogP contribution in [0.15, 0.2) is 85.1 Å². The number of urea groups is 1. The van der Waals surface area contributed by atoms with Crippen LogP contribution in [0.1, 0.15) is 60.8 Å². The Kier molecular flexibility index (Phi) is 14.9. The maximum atomic E-state index is 13.7. The first kappa shape index (κ1) is 46.0. The van der Waals surface area contributed by atoms with Gasteiger partial charge in [-0.15, -0.1) is 0 Å². The molecule has 0 atom stereocenters. The second-order valence-corrected chi connectivity index (χ2v) is 19.7. The van der Waals surface area contributed by atoms with E-state index in [1.165, 1.54) is 7.11 Å². The first-order chi connectivity index (χ1) is 29.6. The smallest absolute Gasteiger partial charge is 0.323 e. The van der Waals surface area contributed by atoms with E-state index in [9.17, 15) is 27.3 Å². The lowest BCUT2D eigenvalue weighted by atomic mass is 9.86. The van der Waals surface area contributed by atoms with Gasteiger partial charge in [-0.2, -0.15) is 0 Å². The Bertz CT molecular complexity index is 2550. The molecule has 1 fully saturated rings. The van der Waals surface area contributed by atoms with E-state index in [0.29, 0.717) is 58.2 Å². The molecule has 3 N–H and O–H groups in total. The first-order valence-electron chi connectivity index (χ1n) is 20.4. The number of hydrogen-bond acceptors (Lipinski definition) is 11. The molecular formula is C46H55N5O9S2. The Labute approximate surface area is 366 Å². The summed E-state index contributed by atoms with van der Waals surface area (Å²) in [4.78, 5) is 33.7. The average molecular weight is 886 g/mol. The number of nitrogens with zero attached hydrogens (tertiary/aromatic N) is 3. The predicted molar refractivity (Wildman–Crippen MR) is 246 cm³/mol. The number of carbonyl (C=O) groups excluding carboxylic acids is 2. The number of sulfonamides is 1. The number of Topliss-reactive ketones (excluding diaryl/α,β-unsaturated/α-hetero) is 1. The molecule has 0 aliphatic carbocycles. The number of pyridine rings is 1. The van der Waals surface area contributed by atoms with E-state index in [1.807, 2.05) is 69.3 Å². The third-order valence-corrected chi connectivity index (χ3v) is 13.1. The topological polar surface area (TPSA) is 177 Å². The summed E-state index contributed by atoms with van der Waals surface area (Å²) in [6.07, 6.45) is 4.32. The van der Waals surface area contributed by atoms with Gasteiger partial charge in [-0.25, -0.2) is 13.2 Å². The number of aliphatic hydroxyl groups is 1. The van der Waals surface area contributed by atoms with Gasteiger partial charge in [0.1, 0.15) is 17.2 Å². The van der Waals surface area contributed by atoms with Crippen molar-refractivity contribution < 1.29 is 41.5 Å². The molecule has 1 aliphatic heterocycles. The maximum Gasteiger partial charge on any atom is 0.323 e. The summed E-state index contributed by atoms with van der Waals surface area (Å²) in [6.45, 7) is 7.69. The average Bonchev–Trinajstić information content (AvgIpc) is 3.23. The minimum absolute atomic E-state index is 0.0228. The van der Waals surface area contributed by atoms with Gasteiger partial charge in [0.15, 0.2) is 11.5 Å². The maximum absolute atomic E-state index is 13.7. The second kappa shape index (κ2) is 20.1. The highest BCUT2D eigenvalue weighted by Gasteiger charge is 2.28. The molecule has 5 aromatic rings. The number of aliphatic hydroxyl groups excluding tert-OH is 1. The van der Waals surface area contributed by atoms with E-state index >= 15 is 0 Å². The normalized spacial score (nSPS) is 13.7. The highest BCUT2D eigenvalue weighted by molar-refractivity contribution is 7.92. The number of aromatic nitrogens is 1. The SMILES string of the molecule is COc1cc(Cc2cc(Oc3ccc(NC(=O)Nc4cc(C(C)(C)C)cc(N(CCO)S(C)(=O)=O)c4OC)c4ccccc34)ccn2)ccc1C(=O)CCCN1CCS(=O)CC1. The number of benzene rings is 4. The van der Waals surface area contributed by atoms with Crippen molar-refractivity contribution in [1.29, 1.82) is 0 Å². The molecule has 0 radical (unpaired) electrons. The molecular weight excluding hydrogens is 831 g/mol. The molecule has 330 valence electrons. The Morgan fingerprint density at radius 1 is 0.903 bits per heavy atom. The van der Waals surface area contributed by atoms with E-state index in [2.05, 4.69) is 20.5 Å². The summed E-state index contributed by atoms with van der Waals surface area (Å²) in [7, 11) is -1.60. The quantitative estimate of drug-likeness (QED) is 0.0796. The van der Waals surface area contributed by atoms with E-state index in [0.717, 1.165) is 58.8 Å². The van der Waals surface area contributed by atoms with Crippen LogP contribution in [0, 0.1) is 0 Å². The number of rotatable bonds is 17. The predicted octanol–water partition coefficient (Wildman–Crippen LogP) is 7.36. The second-order valence-electron chi connectivity index (χ2n) is 16.1. The summed E-state index contributed by atoms with van der Waals surface area (Å²) in [5, 5.41) is 17.0. The zero-order valence-corrected chi connectivity index (χ0v) is 37.7. The van der Waals surface area contributed by atoms with Gasteiger partial charge in [0.2, 0.25) is 10.0 Å². The molecule has 62 heavy (non-hydrogen) atoms. The molecule has 0 spiro atoms. The Hall–Kier alpha value is -5.55. The zero-order valence-electron chi connectivity index (χ0n) is 36.0. The first-order valence-corrected chi connectivity index (χ1v) is 23.7. The molecule has 4 aromatic carbocycles. The summed E-state index contributed by atoms with van der Waals surface area (Å²) in [5.74, 6) is 3.16. The van der Waals surface area contributed by atoms with Crippen molar-refractivity contribution >= 4 is 60.5 Å². The third-order valence-electron chi connectivity index (χ3n) is 10.6. The lowest BCUT2D eigenvalue weighted by Crippen LogP contribution is -2.38. The van der Waals surface area contributed by atoms with Crippen molar-refractivity contribution in [2.45, 2.75) is 45.4 Å². The molecule has 2 amide bonds. The van der Waals surface area contributed by atoms with Crippen molar-refractivity contribution in [3.8, 4) is 23.0 Å². The molecule has 0 unspecified atom stereocenters. The van der Waals surface area contributed by atoms with Crippen LogP contribution in [-0.2, 0) is 32.7 Å². The van der Waals surface area contributed by atoms with Crippen LogP contribution in [0.2, 0.25) is 0 Å². The molecule has 14 nitrogen and oxygen atoms in total. The van der Waals surface area contributed by atoms with Gasteiger partial charge < -0.3 is 34.9 Å². The molecule has 0 bridgehead atoms. The summed E-state index contributed by atoms with van der Waals surface area (Å²) < 4.78 is 56.1. The largest absolute Gasteiger partial charge is 0.496 e. The molecule has 0 saturated carbocycles. The van der Waals surface area contributed by atoms with Crippen LogP contribution >= 0.6 is 0 Å². The van der Waals surface area contributed by atoms with Crippen LogP contribution < -0.4 is 29.1 Å². The molecule has 1 aliphatic rings. The molecule has 6 rings (SSSR count). The summed E-state index contributed by atoms with van der Waals surface area (Å²) in [5.41, 5.74) is 3.46. The van der Waals surface area contributed by atoms with Gasteiger partial charge in [0, 0.05) is 77.0 Å². The van der Waals surface area contributed by atoms with Crippen molar-refractivity contribution in [2.75, 3.05) is 79.7 Å². The van der Waals surface area contributed by atoms with Crippen molar-refractivity contribution in [2.24, 2.45) is 0 Å². The van der Waals surface area contributed by atoms with E-state index < -0.39 is 38.9 Å². The van der Waals surface area contributed by atoms with Crippen molar-refractivity contribution in [1.82, 2.24) is 9.88 Å². The molecule has 2 heterocycles. The standard InChI is InChI=1S/C46H55N5O9S2/c1-46(2,3)32-28-39(44(59-5)40(29-32)51(20-23-52)62(6,56)57)49-45(54)48-38-15-16-42(36-11-8-7-10-35(36)38)60-34-17-18-47-33(30-34)26-31-13-14-37(43(27-31)58-4)41(53)12-9-19-50-21-24-61(55)25-22-50/h7-8,10-11,13-18,27-30,52H,9,12,19-26H2,1-6H3,(H2,48,49,54). The fourth-order valence-corrected chi connectivity index (χ4v) is 9.40. The van der Waals surface area contributed by atoms with Gasteiger partial charge >= 0.3 is 6.03 Å². The zero-order chi connectivity index (χ0) is 44.6. The van der Waals surface area contributed by atoms with E-state index in [-0.39, 0.29) is 29.5 Å². The molecule has 16 heteroatoms. The lowest BCUT2D eigenvalue weighted by Gasteiger charge is -2.28. The minimum atomic E-state index is -3.82. The number of fused-ring (bicyclic) bond motifs is 1. The van der Waals surface area contributed by atoms with Crippen LogP contribution in [-0.4, -0.2) is 104 Å². The summed E-state index contributed by atoms with van der Waals surface area (Å²) in [6, 6.07) is 23.1. The van der Waals surface area contributed by atoms with E-state index in [1.54, 1.807) is 43.6 Å². The number of ketones is 1. The Morgan fingerprint density at radius 2 is 1.63 bits per heavy atom. The van der Waals surface area contributed by atoms with Crippen molar-refractivity contribution in [3.05, 3.63) is 107 Å². The fourth-order valence-electron chi connectivity index (χ4n) is 7.37. The number of ether oxygens (including phenoxy) is 3. The minimum Gasteiger partial charge on any atom is -0.496 e. The molecule has 1 saturated heterocycles. The number of nitrogens with one attached hydrogen (secondary N) is 2. The fraction of sp³-hybridized carbons (Fsp3) is 0.370. The highest BCUT2D eigenvalue weighted by Crippen LogP contribution is 2.42. The summed E-state index contributed by atoms with van der Waals surface area (Å²) >= 11 is 0.